The number of methoxy groups -OCH3 is 2. The number of benzene rings is 2. The van der Waals surface area contributed by atoms with Crippen LogP contribution in [-0.2, 0) is 15.6 Å². The maximum absolute atomic E-state index is 12.5. The molecule has 3 aromatic rings. The number of halogens is 1. The Bertz CT molecular complexity index is 1020. The minimum atomic E-state index is -3.58. The van der Waals surface area contributed by atoms with Gasteiger partial charge in [-0.25, -0.2) is 8.42 Å². The first-order chi connectivity index (χ1) is 12.4. The highest BCUT2D eigenvalue weighted by molar-refractivity contribution is 9.10. The molecule has 0 saturated heterocycles. The second kappa shape index (κ2) is 7.46. The molecular weight excluding hydrogens is 424 g/mol. The summed E-state index contributed by atoms with van der Waals surface area (Å²) in [6, 6.07) is 11.5. The molecule has 0 radical (unpaired) electrons. The first-order valence-corrected chi connectivity index (χ1v) is 9.91. The van der Waals surface area contributed by atoms with Gasteiger partial charge in [0.15, 0.2) is 21.3 Å². The molecule has 0 aliphatic heterocycles. The Morgan fingerprint density at radius 2 is 1.73 bits per heavy atom. The average molecular weight is 439 g/mol. The highest BCUT2D eigenvalue weighted by atomic mass is 79.9. The highest BCUT2D eigenvalue weighted by Gasteiger charge is 2.20. The van der Waals surface area contributed by atoms with Crippen molar-refractivity contribution in [1.29, 1.82) is 0 Å². The molecule has 0 amide bonds. The van der Waals surface area contributed by atoms with E-state index < -0.39 is 9.84 Å². The largest absolute Gasteiger partial charge is 0.493 e. The van der Waals surface area contributed by atoms with Crippen molar-refractivity contribution in [3.63, 3.8) is 0 Å². The van der Waals surface area contributed by atoms with Crippen LogP contribution < -0.4 is 9.47 Å². The van der Waals surface area contributed by atoms with Crippen molar-refractivity contribution in [2.75, 3.05) is 14.2 Å². The van der Waals surface area contributed by atoms with Crippen LogP contribution in [0.25, 0.3) is 11.4 Å². The normalized spacial score (nSPS) is 11.3. The molecule has 0 aliphatic carbocycles. The number of nitrogens with zero attached hydrogens (tertiary/aromatic N) is 2. The van der Waals surface area contributed by atoms with Crippen molar-refractivity contribution in [2.24, 2.45) is 0 Å². The first-order valence-electron chi connectivity index (χ1n) is 7.46. The van der Waals surface area contributed by atoms with Crippen LogP contribution in [0.1, 0.15) is 5.89 Å². The van der Waals surface area contributed by atoms with Gasteiger partial charge in [0.05, 0.1) is 19.1 Å². The zero-order valence-electron chi connectivity index (χ0n) is 14.0. The summed E-state index contributed by atoms with van der Waals surface area (Å²) in [5.74, 6) is 0.982. The van der Waals surface area contributed by atoms with Crippen molar-refractivity contribution in [1.82, 2.24) is 10.1 Å². The van der Waals surface area contributed by atoms with Crippen LogP contribution in [0.4, 0.5) is 0 Å². The lowest BCUT2D eigenvalue weighted by atomic mass is 10.2. The molecule has 26 heavy (non-hydrogen) atoms. The zero-order valence-corrected chi connectivity index (χ0v) is 16.4. The fourth-order valence-electron chi connectivity index (χ4n) is 2.29. The number of hydrogen-bond acceptors (Lipinski definition) is 7. The Kier molecular flexibility index (Phi) is 5.28. The second-order valence-corrected chi connectivity index (χ2v) is 8.20. The van der Waals surface area contributed by atoms with Crippen LogP contribution in [-0.4, -0.2) is 32.8 Å². The smallest absolute Gasteiger partial charge is 0.242 e. The maximum Gasteiger partial charge on any atom is 0.242 e. The van der Waals surface area contributed by atoms with Gasteiger partial charge in [0.1, 0.15) is 5.75 Å². The van der Waals surface area contributed by atoms with Crippen molar-refractivity contribution >= 4 is 25.8 Å². The SMILES string of the molecule is COc1ccc(-c2noc(CS(=O)(=O)c3ccc(Br)cc3)n2)cc1OC. The third kappa shape index (κ3) is 3.88. The van der Waals surface area contributed by atoms with Crippen molar-refractivity contribution in [3.05, 3.63) is 52.8 Å². The topological polar surface area (TPSA) is 91.5 Å². The second-order valence-electron chi connectivity index (χ2n) is 5.29. The summed E-state index contributed by atoms with van der Waals surface area (Å²) in [4.78, 5) is 4.36. The van der Waals surface area contributed by atoms with Gasteiger partial charge in [0.2, 0.25) is 11.7 Å². The Labute approximate surface area is 159 Å². The third-order valence-electron chi connectivity index (χ3n) is 3.60. The molecule has 0 unspecified atom stereocenters. The van der Waals surface area contributed by atoms with E-state index in [1.54, 1.807) is 30.3 Å². The van der Waals surface area contributed by atoms with Gasteiger partial charge in [-0.3, -0.25) is 0 Å². The van der Waals surface area contributed by atoms with E-state index in [1.807, 2.05) is 0 Å². The quantitative estimate of drug-likeness (QED) is 0.581. The Morgan fingerprint density at radius 1 is 1.04 bits per heavy atom. The monoisotopic (exact) mass is 438 g/mol. The molecule has 3 rings (SSSR count). The van der Waals surface area contributed by atoms with E-state index in [1.165, 1.54) is 26.4 Å². The lowest BCUT2D eigenvalue weighted by Crippen LogP contribution is -2.05. The average Bonchev–Trinajstić information content (AvgIpc) is 3.09. The van der Waals surface area contributed by atoms with Gasteiger partial charge in [0.25, 0.3) is 0 Å². The van der Waals surface area contributed by atoms with Crippen LogP contribution in [0.5, 0.6) is 11.5 Å². The molecule has 136 valence electrons. The van der Waals surface area contributed by atoms with Crippen molar-refractivity contribution in [3.8, 4) is 22.9 Å². The number of rotatable bonds is 6. The maximum atomic E-state index is 12.5. The molecule has 1 aromatic heterocycles. The minimum Gasteiger partial charge on any atom is -0.493 e. The molecule has 0 N–H and O–H groups in total. The molecule has 0 aliphatic rings. The summed E-state index contributed by atoms with van der Waals surface area (Å²) < 4.78 is 41.3. The van der Waals surface area contributed by atoms with Gasteiger partial charge >= 0.3 is 0 Å². The van der Waals surface area contributed by atoms with Crippen molar-refractivity contribution < 1.29 is 22.4 Å². The summed E-state index contributed by atoms with van der Waals surface area (Å²) in [6.45, 7) is 0. The number of sulfone groups is 1. The van der Waals surface area contributed by atoms with Gasteiger partial charge in [-0.2, -0.15) is 4.98 Å². The molecule has 0 fully saturated rings. The Hall–Kier alpha value is -2.39. The van der Waals surface area contributed by atoms with Crippen LogP contribution in [0, 0.1) is 0 Å². The first kappa shape index (κ1) is 18.4. The van der Waals surface area contributed by atoms with Gasteiger partial charge in [-0.1, -0.05) is 21.1 Å². The molecule has 7 nitrogen and oxygen atoms in total. The Morgan fingerprint density at radius 3 is 2.38 bits per heavy atom. The molecule has 0 spiro atoms. The summed E-state index contributed by atoms with van der Waals surface area (Å²) in [6.07, 6.45) is 0. The summed E-state index contributed by atoms with van der Waals surface area (Å²) in [5, 5.41) is 3.85. The molecule has 0 saturated carbocycles. The lowest BCUT2D eigenvalue weighted by molar-refractivity contribution is 0.355. The summed E-state index contributed by atoms with van der Waals surface area (Å²) in [5.41, 5.74) is 0.624. The fourth-order valence-corrected chi connectivity index (χ4v) is 3.72. The molecule has 2 aromatic carbocycles. The van der Waals surface area contributed by atoms with Gasteiger partial charge in [-0.15, -0.1) is 0 Å². The minimum absolute atomic E-state index is 0.0118. The number of aromatic nitrogens is 2. The molecular formula is C17H15BrN2O5S. The van der Waals surface area contributed by atoms with Crippen LogP contribution in [0.3, 0.4) is 0 Å². The van der Waals surface area contributed by atoms with Crippen LogP contribution >= 0.6 is 15.9 Å². The van der Waals surface area contributed by atoms with E-state index in [9.17, 15) is 8.42 Å². The van der Waals surface area contributed by atoms with E-state index in [4.69, 9.17) is 14.0 Å². The number of hydrogen-bond donors (Lipinski definition) is 0. The van der Waals surface area contributed by atoms with Gasteiger partial charge in [0, 0.05) is 10.0 Å². The molecule has 0 bridgehead atoms. The van der Waals surface area contributed by atoms with E-state index in [0.717, 1.165) is 4.47 Å². The van der Waals surface area contributed by atoms with Crippen molar-refractivity contribution in [2.45, 2.75) is 10.6 Å². The van der Waals surface area contributed by atoms with E-state index in [-0.39, 0.29) is 22.4 Å². The summed E-state index contributed by atoms with van der Waals surface area (Å²) in [7, 11) is -0.524. The summed E-state index contributed by atoms with van der Waals surface area (Å²) >= 11 is 3.28. The predicted molar refractivity (Wildman–Crippen MR) is 97.9 cm³/mol. The van der Waals surface area contributed by atoms with Gasteiger partial charge in [-0.05, 0) is 42.5 Å². The van der Waals surface area contributed by atoms with Crippen LogP contribution in [0.15, 0.2) is 56.4 Å². The zero-order chi connectivity index (χ0) is 18.7. The number of ether oxygens (including phenoxy) is 2. The van der Waals surface area contributed by atoms with Crippen LogP contribution in [0.2, 0.25) is 0 Å². The van der Waals surface area contributed by atoms with E-state index in [2.05, 4.69) is 26.1 Å². The predicted octanol–water partition coefficient (Wildman–Crippen LogP) is 3.49. The molecule has 1 heterocycles. The third-order valence-corrected chi connectivity index (χ3v) is 5.74. The highest BCUT2D eigenvalue weighted by Crippen LogP contribution is 2.31. The molecule has 0 atom stereocenters. The van der Waals surface area contributed by atoms with E-state index in [0.29, 0.717) is 17.1 Å². The van der Waals surface area contributed by atoms with Gasteiger partial charge < -0.3 is 14.0 Å². The fraction of sp³-hybridized carbons (Fsp3) is 0.176. The van der Waals surface area contributed by atoms with E-state index >= 15 is 0 Å². The standard InChI is InChI=1S/C17H15BrN2O5S/c1-23-14-8-3-11(9-15(14)24-2)17-19-16(25-20-17)10-26(21,22)13-6-4-12(18)5-7-13/h3-9H,10H2,1-2H3. The lowest BCUT2D eigenvalue weighted by Gasteiger charge is -2.07. The molecule has 9 heteroatoms. The Balaban J connectivity index is 1.85.